The molecule has 0 amide bonds. The number of rotatable bonds is 1. The summed E-state index contributed by atoms with van der Waals surface area (Å²) in [4.78, 5) is 0. The monoisotopic (exact) mass is 246 g/mol. The summed E-state index contributed by atoms with van der Waals surface area (Å²) in [5.41, 5.74) is 1.39. The average Bonchev–Trinajstić information content (AvgIpc) is 1.90. The van der Waals surface area contributed by atoms with E-state index in [1.165, 1.54) is 32.5 Å². The van der Waals surface area contributed by atoms with Gasteiger partial charge in [-0.1, -0.05) is 0 Å². The van der Waals surface area contributed by atoms with Crippen molar-refractivity contribution in [3.8, 4) is 0 Å². The number of halogens is 1. The second kappa shape index (κ2) is 3.47. The fraction of sp³-hybridized carbons (Fsp3) is 0.143. The van der Waals surface area contributed by atoms with Gasteiger partial charge in [-0.05, 0) is 0 Å². The Hall–Kier alpha value is 0.309. The molecule has 0 aliphatic heterocycles. The van der Waals surface area contributed by atoms with Crippen molar-refractivity contribution >= 4 is 34.1 Å². The third-order valence-corrected chi connectivity index (χ3v) is 2.75. The van der Waals surface area contributed by atoms with Crippen LogP contribution in [0.15, 0.2) is 24.3 Å². The molecule has 0 aromatic heterocycles. The average molecular weight is 245 g/mol. The fourth-order valence-electron chi connectivity index (χ4n) is 0.620. The Balaban J connectivity index is 2.88. The molecule has 0 aliphatic carbocycles. The summed E-state index contributed by atoms with van der Waals surface area (Å²) in [5, 5.41) is 0.827. The van der Waals surface area contributed by atoms with E-state index in [9.17, 15) is 0 Å². The van der Waals surface area contributed by atoms with E-state index >= 15 is 0 Å². The molecule has 1 aromatic carbocycles. The molecular weight excluding hydrogens is 238 g/mol. The van der Waals surface area contributed by atoms with Gasteiger partial charge in [-0.3, -0.25) is 0 Å². The van der Waals surface area contributed by atoms with E-state index in [1.807, 2.05) is 12.1 Å². The van der Waals surface area contributed by atoms with Gasteiger partial charge in [-0.15, -0.1) is 0 Å². The van der Waals surface area contributed by atoms with E-state index in [-0.39, 0.29) is 0 Å². The number of benzene rings is 1. The Bertz CT molecular complexity index is 181. The van der Waals surface area contributed by atoms with E-state index in [0.29, 0.717) is 0 Å². The van der Waals surface area contributed by atoms with E-state index < -0.39 is 0 Å². The van der Waals surface area contributed by atoms with Crippen molar-refractivity contribution in [2.75, 3.05) is 0 Å². The Kier molecular flexibility index (Phi) is 2.86. The van der Waals surface area contributed by atoms with Crippen LogP contribution in [0.5, 0.6) is 0 Å². The maximum atomic E-state index is 5.68. The molecule has 9 heavy (non-hydrogen) atoms. The van der Waals surface area contributed by atoms with Crippen LogP contribution in [0.3, 0.4) is 0 Å². The molecule has 46 valence electrons. The Morgan fingerprint density at radius 3 is 2.22 bits per heavy atom. The second-order valence-corrected chi connectivity index (χ2v) is 3.43. The first-order chi connectivity index (χ1) is 4.33. The molecule has 2 radical (unpaired) electrons. The molecular formula is C7H7ClSn. The minimum absolute atomic E-state index is 0.827. The van der Waals surface area contributed by atoms with Crippen LogP contribution in [-0.4, -0.2) is 22.5 Å². The van der Waals surface area contributed by atoms with Crippen LogP contribution in [0.4, 0.5) is 0 Å². The van der Waals surface area contributed by atoms with Crippen LogP contribution in [0.25, 0.3) is 0 Å². The van der Waals surface area contributed by atoms with Gasteiger partial charge in [0, 0.05) is 0 Å². The van der Waals surface area contributed by atoms with Crippen molar-refractivity contribution in [3.63, 3.8) is 0 Å². The van der Waals surface area contributed by atoms with Gasteiger partial charge >= 0.3 is 73.4 Å². The molecule has 0 atom stereocenters. The zero-order valence-corrected chi connectivity index (χ0v) is 9.02. The van der Waals surface area contributed by atoms with E-state index in [0.717, 1.165) is 5.02 Å². The molecule has 1 aromatic rings. The molecule has 0 bridgehead atoms. The van der Waals surface area contributed by atoms with Gasteiger partial charge in [0.05, 0.1) is 0 Å². The van der Waals surface area contributed by atoms with Gasteiger partial charge in [0.2, 0.25) is 0 Å². The fourth-order valence-corrected chi connectivity index (χ4v) is 1.52. The van der Waals surface area contributed by atoms with Gasteiger partial charge in [0.25, 0.3) is 0 Å². The summed E-state index contributed by atoms with van der Waals surface area (Å²) in [6, 6.07) is 8.03. The first-order valence-corrected chi connectivity index (χ1v) is 5.48. The van der Waals surface area contributed by atoms with Gasteiger partial charge in [0.1, 0.15) is 0 Å². The normalized spacial score (nSPS) is 9.56. The van der Waals surface area contributed by atoms with E-state index in [1.54, 1.807) is 0 Å². The zero-order chi connectivity index (χ0) is 6.69. The topological polar surface area (TPSA) is 0 Å². The molecule has 2 heteroatoms. The van der Waals surface area contributed by atoms with Gasteiger partial charge in [-0.25, -0.2) is 0 Å². The van der Waals surface area contributed by atoms with Crippen molar-refractivity contribution in [2.24, 2.45) is 0 Å². The third kappa shape index (κ3) is 2.18. The van der Waals surface area contributed by atoms with Crippen LogP contribution < -0.4 is 0 Å². The van der Waals surface area contributed by atoms with Crippen molar-refractivity contribution in [3.05, 3.63) is 34.9 Å². The molecule has 0 nitrogen and oxygen atoms in total. The predicted octanol–water partition coefficient (Wildman–Crippen LogP) is 1.74. The van der Waals surface area contributed by atoms with Crippen molar-refractivity contribution in [2.45, 2.75) is 4.44 Å². The summed E-state index contributed by atoms with van der Waals surface area (Å²) in [6.07, 6.45) is 0. The zero-order valence-electron chi connectivity index (χ0n) is 4.97. The van der Waals surface area contributed by atoms with Gasteiger partial charge in [-0.2, -0.15) is 0 Å². The van der Waals surface area contributed by atoms with Gasteiger partial charge in [0.15, 0.2) is 0 Å². The predicted molar refractivity (Wildman–Crippen MR) is 42.3 cm³/mol. The van der Waals surface area contributed by atoms with Crippen LogP contribution in [0.2, 0.25) is 5.02 Å². The molecule has 0 N–H and O–H groups in total. The standard InChI is InChI=1S/C7H6Cl.Sn.H/c1-6-2-4-7(8)5-3-6;;/h2-5H,1H2;;. The summed E-state index contributed by atoms with van der Waals surface area (Å²) in [6.45, 7) is 0. The minimum atomic E-state index is 0.827. The molecule has 0 heterocycles. The van der Waals surface area contributed by atoms with Crippen molar-refractivity contribution < 1.29 is 0 Å². The molecule has 0 aliphatic rings. The molecule has 0 spiro atoms. The molecule has 0 saturated heterocycles. The molecule has 0 fully saturated rings. The van der Waals surface area contributed by atoms with Gasteiger partial charge < -0.3 is 0 Å². The summed E-state index contributed by atoms with van der Waals surface area (Å²) in [7, 11) is 0. The first-order valence-electron chi connectivity index (χ1n) is 2.77. The Morgan fingerprint density at radius 1 is 1.22 bits per heavy atom. The molecule has 1 rings (SSSR count). The van der Waals surface area contributed by atoms with Crippen LogP contribution in [-0.2, 0) is 4.44 Å². The van der Waals surface area contributed by atoms with Crippen molar-refractivity contribution in [1.82, 2.24) is 0 Å². The summed E-state index contributed by atoms with van der Waals surface area (Å²) < 4.78 is 1.21. The Morgan fingerprint density at radius 2 is 1.78 bits per heavy atom. The summed E-state index contributed by atoms with van der Waals surface area (Å²) in [5.74, 6) is 0. The number of hydrogen-bond acceptors (Lipinski definition) is 0. The van der Waals surface area contributed by atoms with Crippen LogP contribution >= 0.6 is 11.6 Å². The third-order valence-electron chi connectivity index (χ3n) is 1.15. The van der Waals surface area contributed by atoms with Crippen LogP contribution in [0, 0.1) is 0 Å². The maximum absolute atomic E-state index is 5.68. The Labute approximate surface area is 73.3 Å². The van der Waals surface area contributed by atoms with Crippen molar-refractivity contribution in [1.29, 1.82) is 0 Å². The second-order valence-electron chi connectivity index (χ2n) is 1.83. The molecule has 0 saturated carbocycles. The first kappa shape index (κ1) is 7.42. The van der Waals surface area contributed by atoms with Crippen LogP contribution in [0.1, 0.15) is 5.56 Å². The van der Waals surface area contributed by atoms with E-state index in [2.05, 4.69) is 12.1 Å². The molecule has 0 unspecified atom stereocenters. The number of hydrogen-bond donors (Lipinski definition) is 0. The van der Waals surface area contributed by atoms with E-state index in [4.69, 9.17) is 11.6 Å². The summed E-state index contributed by atoms with van der Waals surface area (Å²) >= 11 is 6.97. The SMILES string of the molecule is Clc1ccc([CH2][SnH])cc1. The quantitative estimate of drug-likeness (QED) is 0.661.